The minimum Gasteiger partial charge on any atom is -0.323 e. The molecule has 3 N–H and O–H groups in total. The summed E-state index contributed by atoms with van der Waals surface area (Å²) in [5.74, 6) is 0.261. The van der Waals surface area contributed by atoms with E-state index < -0.39 is 6.04 Å². The second-order valence-electron chi connectivity index (χ2n) is 3.97. The van der Waals surface area contributed by atoms with Crippen LogP contribution in [0.2, 0.25) is 0 Å². The Morgan fingerprint density at radius 3 is 2.59 bits per heavy atom. The van der Waals surface area contributed by atoms with Crippen LogP contribution in [0.25, 0.3) is 0 Å². The predicted octanol–water partition coefficient (Wildman–Crippen LogP) is 2.24. The molecule has 17 heavy (non-hydrogen) atoms. The SMILES string of the molecule is CC(C)CC(N)C(=O)Nc1cccnc1.Cl.Cl. The highest BCUT2D eigenvalue weighted by Gasteiger charge is 2.14. The number of anilines is 1. The third kappa shape index (κ3) is 7.15. The number of rotatable bonds is 4. The van der Waals surface area contributed by atoms with Crippen molar-refractivity contribution in [3.05, 3.63) is 24.5 Å². The summed E-state index contributed by atoms with van der Waals surface area (Å²) >= 11 is 0. The van der Waals surface area contributed by atoms with Gasteiger partial charge < -0.3 is 11.1 Å². The predicted molar refractivity (Wildman–Crippen MR) is 74.8 cm³/mol. The number of nitrogens with two attached hydrogens (primary N) is 1. The second-order valence-corrected chi connectivity index (χ2v) is 3.97. The Kier molecular flexibility index (Phi) is 10.0. The van der Waals surface area contributed by atoms with Crippen molar-refractivity contribution >= 4 is 36.4 Å². The van der Waals surface area contributed by atoms with Gasteiger partial charge in [0.25, 0.3) is 0 Å². The Morgan fingerprint density at radius 2 is 2.12 bits per heavy atom. The fraction of sp³-hybridized carbons (Fsp3) is 0.455. The van der Waals surface area contributed by atoms with Crippen molar-refractivity contribution in [1.29, 1.82) is 0 Å². The molecule has 1 amide bonds. The van der Waals surface area contributed by atoms with Gasteiger partial charge >= 0.3 is 0 Å². The summed E-state index contributed by atoms with van der Waals surface area (Å²) in [6.07, 6.45) is 3.94. The van der Waals surface area contributed by atoms with Gasteiger partial charge in [-0.25, -0.2) is 0 Å². The van der Waals surface area contributed by atoms with E-state index in [-0.39, 0.29) is 30.7 Å². The van der Waals surface area contributed by atoms with Crippen LogP contribution < -0.4 is 11.1 Å². The van der Waals surface area contributed by atoms with Crippen LogP contribution in [0.5, 0.6) is 0 Å². The average Bonchev–Trinajstić information content (AvgIpc) is 2.18. The molecule has 1 unspecified atom stereocenters. The lowest BCUT2D eigenvalue weighted by Crippen LogP contribution is -2.36. The smallest absolute Gasteiger partial charge is 0.241 e. The van der Waals surface area contributed by atoms with Gasteiger partial charge in [0.1, 0.15) is 0 Å². The highest BCUT2D eigenvalue weighted by Crippen LogP contribution is 2.07. The zero-order valence-electron chi connectivity index (χ0n) is 9.92. The number of aromatic nitrogens is 1. The number of nitrogens with zero attached hydrogens (tertiary/aromatic N) is 1. The molecule has 0 saturated heterocycles. The summed E-state index contributed by atoms with van der Waals surface area (Å²) < 4.78 is 0. The number of hydrogen-bond acceptors (Lipinski definition) is 3. The first-order valence-electron chi connectivity index (χ1n) is 5.06. The molecule has 1 aromatic heterocycles. The van der Waals surface area contributed by atoms with Crippen molar-refractivity contribution in [1.82, 2.24) is 4.98 Å². The van der Waals surface area contributed by atoms with Gasteiger partial charge in [-0.15, -0.1) is 24.8 Å². The van der Waals surface area contributed by atoms with E-state index in [1.165, 1.54) is 0 Å². The van der Waals surface area contributed by atoms with Crippen molar-refractivity contribution in [3.8, 4) is 0 Å². The number of pyridine rings is 1. The van der Waals surface area contributed by atoms with Gasteiger partial charge in [0.2, 0.25) is 5.91 Å². The van der Waals surface area contributed by atoms with E-state index in [1.54, 1.807) is 24.5 Å². The maximum Gasteiger partial charge on any atom is 0.241 e. The molecule has 0 bridgehead atoms. The molecular weight excluding hydrogens is 261 g/mol. The molecule has 0 aliphatic heterocycles. The van der Waals surface area contributed by atoms with Gasteiger partial charge in [0.15, 0.2) is 0 Å². The van der Waals surface area contributed by atoms with Crippen LogP contribution in [-0.4, -0.2) is 16.9 Å². The molecule has 0 fully saturated rings. The van der Waals surface area contributed by atoms with E-state index in [0.29, 0.717) is 18.0 Å². The average molecular weight is 280 g/mol. The number of halogens is 2. The number of nitrogens with one attached hydrogen (secondary N) is 1. The molecule has 0 aliphatic carbocycles. The Balaban J connectivity index is 0. The van der Waals surface area contributed by atoms with Crippen LogP contribution >= 0.6 is 24.8 Å². The van der Waals surface area contributed by atoms with Crippen LogP contribution in [0.3, 0.4) is 0 Å². The lowest BCUT2D eigenvalue weighted by atomic mass is 10.0. The van der Waals surface area contributed by atoms with Crippen LogP contribution in [0.15, 0.2) is 24.5 Å². The quantitative estimate of drug-likeness (QED) is 0.888. The minimum absolute atomic E-state index is 0. The number of carbonyl (C=O) groups is 1. The van der Waals surface area contributed by atoms with E-state index in [0.717, 1.165) is 0 Å². The summed E-state index contributed by atoms with van der Waals surface area (Å²) in [6.45, 7) is 4.08. The molecule has 1 heterocycles. The second kappa shape index (κ2) is 9.22. The highest BCUT2D eigenvalue weighted by atomic mass is 35.5. The van der Waals surface area contributed by atoms with E-state index in [1.807, 2.05) is 13.8 Å². The zero-order chi connectivity index (χ0) is 11.3. The van der Waals surface area contributed by atoms with Crippen molar-refractivity contribution in [2.24, 2.45) is 11.7 Å². The monoisotopic (exact) mass is 279 g/mol. The molecule has 0 aromatic carbocycles. The third-order valence-electron chi connectivity index (χ3n) is 1.99. The molecule has 1 rings (SSSR count). The van der Waals surface area contributed by atoms with E-state index in [4.69, 9.17) is 5.73 Å². The normalized spacial score (nSPS) is 11.1. The number of carbonyl (C=O) groups excluding carboxylic acids is 1. The fourth-order valence-electron chi connectivity index (χ4n) is 1.29. The van der Waals surface area contributed by atoms with Crippen LogP contribution in [0.1, 0.15) is 20.3 Å². The molecule has 1 atom stereocenters. The van der Waals surface area contributed by atoms with Gasteiger partial charge in [0.05, 0.1) is 17.9 Å². The Hall–Kier alpha value is -0.840. The molecule has 0 saturated carbocycles. The zero-order valence-corrected chi connectivity index (χ0v) is 11.6. The minimum atomic E-state index is -0.454. The summed E-state index contributed by atoms with van der Waals surface area (Å²) in [5, 5.41) is 2.72. The first-order chi connectivity index (χ1) is 7.09. The fourth-order valence-corrected chi connectivity index (χ4v) is 1.29. The Bertz CT molecular complexity index is 320. The van der Waals surface area contributed by atoms with Crippen LogP contribution in [0.4, 0.5) is 5.69 Å². The summed E-state index contributed by atoms with van der Waals surface area (Å²) in [7, 11) is 0. The standard InChI is InChI=1S/C11H17N3O.2ClH/c1-8(2)6-10(12)11(15)14-9-4-3-5-13-7-9;;/h3-5,7-8,10H,6,12H2,1-2H3,(H,14,15);2*1H. The maximum absolute atomic E-state index is 11.6. The van der Waals surface area contributed by atoms with E-state index in [9.17, 15) is 4.79 Å². The third-order valence-corrected chi connectivity index (χ3v) is 1.99. The molecule has 0 spiro atoms. The Morgan fingerprint density at radius 1 is 1.47 bits per heavy atom. The van der Waals surface area contributed by atoms with E-state index in [2.05, 4.69) is 10.3 Å². The van der Waals surface area contributed by atoms with Gasteiger partial charge in [-0.2, -0.15) is 0 Å². The molecule has 4 nitrogen and oxygen atoms in total. The maximum atomic E-state index is 11.6. The first kappa shape index (κ1) is 18.5. The molecule has 1 aromatic rings. The van der Waals surface area contributed by atoms with Crippen LogP contribution in [0, 0.1) is 5.92 Å². The van der Waals surface area contributed by atoms with Crippen molar-refractivity contribution in [3.63, 3.8) is 0 Å². The van der Waals surface area contributed by atoms with E-state index >= 15 is 0 Å². The highest BCUT2D eigenvalue weighted by molar-refractivity contribution is 5.94. The summed E-state index contributed by atoms with van der Waals surface area (Å²) in [5.41, 5.74) is 6.42. The number of amides is 1. The largest absolute Gasteiger partial charge is 0.323 e. The summed E-state index contributed by atoms with van der Waals surface area (Å²) in [4.78, 5) is 15.5. The van der Waals surface area contributed by atoms with Crippen LogP contribution in [-0.2, 0) is 4.79 Å². The van der Waals surface area contributed by atoms with Gasteiger partial charge in [-0.1, -0.05) is 13.8 Å². The lowest BCUT2D eigenvalue weighted by molar-refractivity contribution is -0.117. The number of hydrogen-bond donors (Lipinski definition) is 2. The molecule has 0 aliphatic rings. The molecular formula is C11H19Cl2N3O. The van der Waals surface area contributed by atoms with Gasteiger partial charge in [-0.05, 0) is 24.5 Å². The van der Waals surface area contributed by atoms with Gasteiger partial charge in [-0.3, -0.25) is 9.78 Å². The molecule has 6 heteroatoms. The lowest BCUT2D eigenvalue weighted by Gasteiger charge is -2.13. The van der Waals surface area contributed by atoms with Crippen molar-refractivity contribution < 1.29 is 4.79 Å². The van der Waals surface area contributed by atoms with Crippen molar-refractivity contribution in [2.45, 2.75) is 26.3 Å². The topological polar surface area (TPSA) is 68.0 Å². The van der Waals surface area contributed by atoms with Crippen molar-refractivity contribution in [2.75, 3.05) is 5.32 Å². The molecule has 0 radical (unpaired) electrons. The summed E-state index contributed by atoms with van der Waals surface area (Å²) in [6, 6.07) is 3.10. The molecule has 98 valence electrons. The first-order valence-corrected chi connectivity index (χ1v) is 5.06. The van der Waals surface area contributed by atoms with Gasteiger partial charge in [0, 0.05) is 6.20 Å². The Labute approximate surface area is 114 Å².